The topological polar surface area (TPSA) is 55.0 Å². The Bertz CT molecular complexity index is 1030. The first-order valence-corrected chi connectivity index (χ1v) is 9.90. The van der Waals surface area contributed by atoms with E-state index in [4.69, 9.17) is 32.5 Å². The fourth-order valence-corrected chi connectivity index (χ4v) is 3.72. The van der Waals surface area contributed by atoms with Crippen molar-refractivity contribution in [1.82, 2.24) is 4.90 Å². The zero-order chi connectivity index (χ0) is 20.2. The first-order chi connectivity index (χ1) is 14.1. The minimum atomic E-state index is -0.278. The van der Waals surface area contributed by atoms with E-state index in [-0.39, 0.29) is 17.8 Å². The number of furan rings is 1. The van der Waals surface area contributed by atoms with E-state index in [0.29, 0.717) is 29.6 Å². The predicted molar refractivity (Wildman–Crippen MR) is 112 cm³/mol. The molecule has 2 heterocycles. The summed E-state index contributed by atoms with van der Waals surface area (Å²) < 4.78 is 5.30. The smallest absolute Gasteiger partial charge is 0.289 e. The van der Waals surface area contributed by atoms with Crippen molar-refractivity contribution in [3.8, 4) is 0 Å². The summed E-state index contributed by atoms with van der Waals surface area (Å²) in [6, 6.07) is 18.3. The van der Waals surface area contributed by atoms with E-state index in [1.165, 1.54) is 6.26 Å². The number of benzene rings is 2. The van der Waals surface area contributed by atoms with Gasteiger partial charge >= 0.3 is 0 Å². The Hall–Kier alpha value is -2.76. The van der Waals surface area contributed by atoms with E-state index >= 15 is 0 Å². The highest BCUT2D eigenvalue weighted by Crippen LogP contribution is 2.24. The Balaban J connectivity index is 1.50. The van der Waals surface area contributed by atoms with E-state index in [2.05, 4.69) is 5.16 Å². The molecule has 0 saturated carbocycles. The van der Waals surface area contributed by atoms with Crippen LogP contribution in [-0.4, -0.2) is 29.2 Å². The van der Waals surface area contributed by atoms with Crippen LogP contribution in [0.3, 0.4) is 0 Å². The molecule has 0 bridgehead atoms. The highest BCUT2D eigenvalue weighted by molar-refractivity contribution is 6.34. The molecule has 1 atom stereocenters. The summed E-state index contributed by atoms with van der Waals surface area (Å²) in [5, 5.41) is 5.44. The average molecular weight is 429 g/mol. The van der Waals surface area contributed by atoms with Crippen LogP contribution in [0, 0.1) is 0 Å². The molecule has 29 heavy (non-hydrogen) atoms. The monoisotopic (exact) mass is 428 g/mol. The van der Waals surface area contributed by atoms with Crippen molar-refractivity contribution in [3.05, 3.63) is 93.9 Å². The second kappa shape index (κ2) is 8.72. The first-order valence-electron chi connectivity index (χ1n) is 9.15. The highest BCUT2D eigenvalue weighted by atomic mass is 35.5. The van der Waals surface area contributed by atoms with Gasteiger partial charge in [0.2, 0.25) is 0 Å². The van der Waals surface area contributed by atoms with Crippen LogP contribution in [0.1, 0.15) is 28.1 Å². The number of oxime groups is 1. The quantitative estimate of drug-likeness (QED) is 0.526. The second-order valence-electron chi connectivity index (χ2n) is 6.74. The van der Waals surface area contributed by atoms with Crippen molar-refractivity contribution in [2.45, 2.75) is 19.1 Å². The normalized spacial score (nSPS) is 15.7. The number of hydrogen-bond acceptors (Lipinski definition) is 4. The molecule has 0 fully saturated rings. The van der Waals surface area contributed by atoms with E-state index in [9.17, 15) is 4.79 Å². The van der Waals surface area contributed by atoms with Crippen LogP contribution in [-0.2, 0) is 11.4 Å². The number of rotatable bonds is 6. The zero-order valence-electron chi connectivity index (χ0n) is 15.4. The SMILES string of the molecule is O=C(c1ccco1)N(Cc1cccc(Cl)c1)C[C@H]1CC(c2ccccc2Cl)=NO1. The molecule has 1 aromatic heterocycles. The Morgan fingerprint density at radius 2 is 1.97 bits per heavy atom. The summed E-state index contributed by atoms with van der Waals surface area (Å²) >= 11 is 12.4. The van der Waals surface area contributed by atoms with E-state index in [1.54, 1.807) is 23.1 Å². The Labute approximate surface area is 178 Å². The van der Waals surface area contributed by atoms with Crippen LogP contribution in [0.5, 0.6) is 0 Å². The molecule has 5 nitrogen and oxygen atoms in total. The molecule has 1 aliphatic heterocycles. The van der Waals surface area contributed by atoms with Gasteiger partial charge in [0.25, 0.3) is 5.91 Å². The molecule has 0 spiro atoms. The van der Waals surface area contributed by atoms with Crippen LogP contribution in [0.2, 0.25) is 10.0 Å². The molecule has 148 valence electrons. The van der Waals surface area contributed by atoms with Crippen LogP contribution >= 0.6 is 23.2 Å². The van der Waals surface area contributed by atoms with Crippen molar-refractivity contribution >= 4 is 34.8 Å². The van der Waals surface area contributed by atoms with Gasteiger partial charge in [-0.3, -0.25) is 4.79 Å². The van der Waals surface area contributed by atoms with Crippen LogP contribution < -0.4 is 0 Å². The summed E-state index contributed by atoms with van der Waals surface area (Å²) in [5.41, 5.74) is 2.53. The van der Waals surface area contributed by atoms with Gasteiger partial charge < -0.3 is 14.2 Å². The third-order valence-electron chi connectivity index (χ3n) is 4.62. The number of halogens is 2. The first kappa shape index (κ1) is 19.6. The van der Waals surface area contributed by atoms with Gasteiger partial charge in [0.1, 0.15) is 0 Å². The van der Waals surface area contributed by atoms with Gasteiger partial charge in [-0.1, -0.05) is 58.7 Å². The minimum absolute atomic E-state index is 0.218. The summed E-state index contributed by atoms with van der Waals surface area (Å²) in [6.07, 6.45) is 1.76. The summed E-state index contributed by atoms with van der Waals surface area (Å²) in [5.74, 6) is 0.0574. The molecule has 4 rings (SSSR count). The number of amides is 1. The lowest BCUT2D eigenvalue weighted by Gasteiger charge is -2.24. The van der Waals surface area contributed by atoms with Crippen molar-refractivity contribution in [1.29, 1.82) is 0 Å². The zero-order valence-corrected chi connectivity index (χ0v) is 16.9. The van der Waals surface area contributed by atoms with Gasteiger partial charge in [0.15, 0.2) is 11.9 Å². The van der Waals surface area contributed by atoms with Gasteiger partial charge in [0, 0.05) is 28.6 Å². The molecule has 0 saturated heterocycles. The molecule has 2 aromatic carbocycles. The number of nitrogens with zero attached hydrogens (tertiary/aromatic N) is 2. The van der Waals surface area contributed by atoms with Gasteiger partial charge in [0.05, 0.1) is 18.5 Å². The van der Waals surface area contributed by atoms with Gasteiger partial charge in [-0.15, -0.1) is 0 Å². The Kier molecular flexibility index (Phi) is 5.88. The second-order valence-corrected chi connectivity index (χ2v) is 7.59. The molecule has 0 N–H and O–H groups in total. The maximum absolute atomic E-state index is 13.0. The molecule has 1 amide bonds. The standard InChI is InChI=1S/C22H18Cl2N2O3/c23-16-6-3-5-15(11-16)13-26(22(27)21-9-4-10-28-21)14-17-12-20(25-29-17)18-7-1-2-8-19(18)24/h1-11,17H,12-14H2/t17-/m1/s1. The molecular formula is C22H18Cl2N2O3. The molecule has 7 heteroatoms. The van der Waals surface area contributed by atoms with Gasteiger partial charge in [-0.2, -0.15) is 0 Å². The van der Waals surface area contributed by atoms with E-state index in [0.717, 1.165) is 16.8 Å². The van der Waals surface area contributed by atoms with Gasteiger partial charge in [-0.25, -0.2) is 0 Å². The molecule has 0 aliphatic carbocycles. The fourth-order valence-electron chi connectivity index (χ4n) is 3.26. The molecule has 1 aliphatic rings. The third kappa shape index (κ3) is 4.63. The number of carbonyl (C=O) groups is 1. The van der Waals surface area contributed by atoms with Crippen molar-refractivity contribution in [2.24, 2.45) is 5.16 Å². The summed E-state index contributed by atoms with van der Waals surface area (Å²) in [6.45, 7) is 0.727. The van der Waals surface area contributed by atoms with Crippen molar-refractivity contribution in [3.63, 3.8) is 0 Å². The van der Waals surface area contributed by atoms with Crippen molar-refractivity contribution in [2.75, 3.05) is 6.54 Å². The third-order valence-corrected chi connectivity index (χ3v) is 5.19. The van der Waals surface area contributed by atoms with Gasteiger partial charge in [-0.05, 0) is 35.9 Å². The van der Waals surface area contributed by atoms with E-state index < -0.39 is 0 Å². The minimum Gasteiger partial charge on any atom is -0.459 e. The summed E-state index contributed by atoms with van der Waals surface area (Å²) in [7, 11) is 0. The van der Waals surface area contributed by atoms with Crippen molar-refractivity contribution < 1.29 is 14.0 Å². The number of hydrogen-bond donors (Lipinski definition) is 0. The lowest BCUT2D eigenvalue weighted by atomic mass is 10.0. The predicted octanol–water partition coefficient (Wildman–Crippen LogP) is 5.42. The maximum atomic E-state index is 13.0. The Morgan fingerprint density at radius 1 is 1.10 bits per heavy atom. The lowest BCUT2D eigenvalue weighted by molar-refractivity contribution is 0.0387. The highest BCUT2D eigenvalue weighted by Gasteiger charge is 2.29. The summed E-state index contributed by atoms with van der Waals surface area (Å²) in [4.78, 5) is 20.3. The van der Waals surface area contributed by atoms with Crippen LogP contribution in [0.25, 0.3) is 0 Å². The van der Waals surface area contributed by atoms with E-state index in [1.807, 2.05) is 42.5 Å². The maximum Gasteiger partial charge on any atom is 0.289 e. The average Bonchev–Trinajstić information content (AvgIpc) is 3.40. The molecular weight excluding hydrogens is 411 g/mol. The fraction of sp³-hybridized carbons (Fsp3) is 0.182. The number of carbonyl (C=O) groups excluding carboxylic acids is 1. The molecule has 0 radical (unpaired) electrons. The Morgan fingerprint density at radius 3 is 2.72 bits per heavy atom. The lowest BCUT2D eigenvalue weighted by Crippen LogP contribution is -2.37. The molecule has 0 unspecified atom stereocenters. The molecule has 3 aromatic rings. The van der Waals surface area contributed by atoms with Crippen LogP contribution in [0.15, 0.2) is 76.5 Å². The largest absolute Gasteiger partial charge is 0.459 e. The van der Waals surface area contributed by atoms with Crippen LogP contribution in [0.4, 0.5) is 0 Å².